The Hall–Kier alpha value is -2.93. The molecule has 0 saturated carbocycles. The molecule has 7 nitrogen and oxygen atoms in total. The molecule has 158 valence electrons. The van der Waals surface area contributed by atoms with E-state index in [1.807, 2.05) is 18.2 Å². The highest BCUT2D eigenvalue weighted by Gasteiger charge is 2.22. The van der Waals surface area contributed by atoms with Crippen molar-refractivity contribution in [2.24, 2.45) is 0 Å². The first-order valence-corrected chi connectivity index (χ1v) is 10.5. The lowest BCUT2D eigenvalue weighted by Crippen LogP contribution is -2.38. The summed E-state index contributed by atoms with van der Waals surface area (Å²) in [5.41, 5.74) is 3.07. The Morgan fingerprint density at radius 2 is 2.17 bits per heavy atom. The van der Waals surface area contributed by atoms with Crippen molar-refractivity contribution >= 4 is 17.5 Å². The molecule has 30 heavy (non-hydrogen) atoms. The molecule has 0 spiro atoms. The van der Waals surface area contributed by atoms with E-state index in [0.717, 1.165) is 43.5 Å². The van der Waals surface area contributed by atoms with E-state index in [-0.39, 0.29) is 24.5 Å². The summed E-state index contributed by atoms with van der Waals surface area (Å²) in [4.78, 5) is 30.6. The maximum atomic E-state index is 12.5. The summed E-state index contributed by atoms with van der Waals surface area (Å²) >= 11 is 0. The van der Waals surface area contributed by atoms with Gasteiger partial charge >= 0.3 is 0 Å². The number of nitrogens with one attached hydrogen (secondary N) is 1. The number of rotatable bonds is 6. The maximum Gasteiger partial charge on any atom is 0.260 e. The molecule has 0 bridgehead atoms. The molecule has 2 aliphatic rings. The van der Waals surface area contributed by atoms with Crippen LogP contribution in [-0.2, 0) is 27.3 Å². The predicted octanol–water partition coefficient (Wildman–Crippen LogP) is 2.94. The second-order valence-electron chi connectivity index (χ2n) is 7.77. The van der Waals surface area contributed by atoms with Crippen molar-refractivity contribution in [2.75, 3.05) is 25.1 Å². The van der Waals surface area contributed by atoms with Crippen molar-refractivity contribution in [1.82, 2.24) is 9.88 Å². The number of ether oxygens (including phenoxy) is 2. The first kappa shape index (κ1) is 20.3. The van der Waals surface area contributed by atoms with Gasteiger partial charge in [0.2, 0.25) is 5.91 Å². The average molecular weight is 409 g/mol. The van der Waals surface area contributed by atoms with Crippen molar-refractivity contribution in [3.8, 4) is 5.75 Å². The van der Waals surface area contributed by atoms with E-state index in [2.05, 4.69) is 10.3 Å². The number of amides is 2. The van der Waals surface area contributed by atoms with Crippen LogP contribution < -0.4 is 10.1 Å². The third kappa shape index (κ3) is 5.36. The van der Waals surface area contributed by atoms with Crippen LogP contribution in [-0.4, -0.2) is 47.6 Å². The van der Waals surface area contributed by atoms with Crippen LogP contribution in [0.4, 0.5) is 5.69 Å². The van der Waals surface area contributed by atoms with Gasteiger partial charge in [0.1, 0.15) is 5.75 Å². The molecule has 1 aromatic heterocycles. The third-order valence-corrected chi connectivity index (χ3v) is 5.54. The summed E-state index contributed by atoms with van der Waals surface area (Å²) in [7, 11) is 0. The highest BCUT2D eigenvalue weighted by Crippen LogP contribution is 2.24. The first-order chi connectivity index (χ1) is 14.7. The average Bonchev–Trinajstić information content (AvgIpc) is 2.78. The Morgan fingerprint density at radius 3 is 2.97 bits per heavy atom. The minimum absolute atomic E-state index is 0.00158. The predicted molar refractivity (Wildman–Crippen MR) is 112 cm³/mol. The number of anilines is 1. The van der Waals surface area contributed by atoms with Gasteiger partial charge in [0.25, 0.3) is 5.91 Å². The zero-order valence-electron chi connectivity index (χ0n) is 17.0. The lowest BCUT2D eigenvalue weighted by molar-refractivity contribution is -0.134. The number of aromatic nitrogens is 1. The van der Waals surface area contributed by atoms with Gasteiger partial charge in [0, 0.05) is 31.6 Å². The fourth-order valence-corrected chi connectivity index (χ4v) is 3.90. The van der Waals surface area contributed by atoms with E-state index >= 15 is 0 Å². The SMILES string of the molecule is O=C(CC1CCCCO1)Nc1ccc2c(c1)CCN(C(=O)COc1cccnc1)C2. The van der Waals surface area contributed by atoms with Crippen LogP contribution in [0.1, 0.15) is 36.8 Å². The summed E-state index contributed by atoms with van der Waals surface area (Å²) in [6, 6.07) is 9.46. The molecule has 1 N–H and O–H groups in total. The molecule has 2 aromatic rings. The number of hydrogen-bond donors (Lipinski definition) is 1. The maximum absolute atomic E-state index is 12.5. The number of fused-ring (bicyclic) bond motifs is 1. The summed E-state index contributed by atoms with van der Waals surface area (Å²) in [5, 5.41) is 2.99. The van der Waals surface area contributed by atoms with E-state index in [9.17, 15) is 9.59 Å². The van der Waals surface area contributed by atoms with Gasteiger partial charge in [-0.15, -0.1) is 0 Å². The number of carbonyl (C=O) groups is 2. The van der Waals surface area contributed by atoms with Gasteiger partial charge in [-0.1, -0.05) is 6.07 Å². The van der Waals surface area contributed by atoms with Crippen LogP contribution in [0.5, 0.6) is 5.75 Å². The largest absolute Gasteiger partial charge is 0.482 e. The topological polar surface area (TPSA) is 80.8 Å². The summed E-state index contributed by atoms with van der Waals surface area (Å²) in [5.74, 6) is 0.527. The monoisotopic (exact) mass is 409 g/mol. The van der Waals surface area contributed by atoms with Gasteiger partial charge in [-0.3, -0.25) is 14.6 Å². The Labute approximate surface area is 176 Å². The van der Waals surface area contributed by atoms with E-state index in [0.29, 0.717) is 25.3 Å². The van der Waals surface area contributed by atoms with Gasteiger partial charge in [-0.05, 0) is 61.1 Å². The van der Waals surface area contributed by atoms with Crippen LogP contribution in [0.25, 0.3) is 0 Å². The Kier molecular flexibility index (Phi) is 6.59. The highest BCUT2D eigenvalue weighted by atomic mass is 16.5. The Morgan fingerprint density at radius 1 is 1.23 bits per heavy atom. The van der Waals surface area contributed by atoms with Crippen LogP contribution in [0.3, 0.4) is 0 Å². The summed E-state index contributed by atoms with van der Waals surface area (Å²) in [6.07, 6.45) is 7.60. The molecule has 0 aliphatic carbocycles. The molecule has 1 unspecified atom stereocenters. The van der Waals surface area contributed by atoms with Gasteiger partial charge in [-0.25, -0.2) is 0 Å². The number of carbonyl (C=O) groups excluding carboxylic acids is 2. The zero-order valence-corrected chi connectivity index (χ0v) is 17.0. The van der Waals surface area contributed by atoms with Crippen molar-refractivity contribution in [3.63, 3.8) is 0 Å². The molecule has 2 aliphatic heterocycles. The normalized spacial score (nSPS) is 18.4. The third-order valence-electron chi connectivity index (χ3n) is 5.54. The standard InChI is InChI=1S/C23H27N3O4/c27-22(13-20-4-1-2-11-29-20)25-19-7-6-18-15-26(10-8-17(18)12-19)23(28)16-30-21-5-3-9-24-14-21/h3,5-7,9,12,14,20H,1-2,4,8,10-11,13,15-16H2,(H,25,27). The summed E-state index contributed by atoms with van der Waals surface area (Å²) < 4.78 is 11.2. The number of hydrogen-bond acceptors (Lipinski definition) is 5. The quantitative estimate of drug-likeness (QED) is 0.793. The molecule has 1 fully saturated rings. The molecular weight excluding hydrogens is 382 g/mol. The lowest BCUT2D eigenvalue weighted by atomic mass is 9.99. The van der Waals surface area contributed by atoms with Gasteiger partial charge in [-0.2, -0.15) is 0 Å². The second-order valence-corrected chi connectivity index (χ2v) is 7.77. The van der Waals surface area contributed by atoms with Crippen LogP contribution in [0, 0.1) is 0 Å². The minimum atomic E-state index is -0.0469. The Bertz CT molecular complexity index is 881. The van der Waals surface area contributed by atoms with Gasteiger partial charge in [0.05, 0.1) is 18.7 Å². The molecule has 1 saturated heterocycles. The molecule has 7 heteroatoms. The van der Waals surface area contributed by atoms with E-state index < -0.39 is 0 Å². The first-order valence-electron chi connectivity index (χ1n) is 10.5. The molecule has 2 amide bonds. The van der Waals surface area contributed by atoms with E-state index in [1.54, 1.807) is 29.4 Å². The molecule has 4 rings (SSSR count). The van der Waals surface area contributed by atoms with Crippen LogP contribution in [0.15, 0.2) is 42.7 Å². The van der Waals surface area contributed by atoms with Gasteiger partial charge < -0.3 is 19.7 Å². The number of benzene rings is 1. The van der Waals surface area contributed by atoms with Crippen LogP contribution in [0.2, 0.25) is 0 Å². The van der Waals surface area contributed by atoms with Crippen LogP contribution >= 0.6 is 0 Å². The minimum Gasteiger partial charge on any atom is -0.482 e. The highest BCUT2D eigenvalue weighted by molar-refractivity contribution is 5.91. The molecular formula is C23H27N3O4. The molecule has 1 aromatic carbocycles. The lowest BCUT2D eigenvalue weighted by Gasteiger charge is -2.29. The van der Waals surface area contributed by atoms with Crippen molar-refractivity contribution in [2.45, 2.75) is 44.8 Å². The summed E-state index contributed by atoms with van der Waals surface area (Å²) in [6.45, 7) is 1.93. The second kappa shape index (κ2) is 9.71. The smallest absolute Gasteiger partial charge is 0.260 e. The van der Waals surface area contributed by atoms with Gasteiger partial charge in [0.15, 0.2) is 6.61 Å². The molecule has 0 radical (unpaired) electrons. The van der Waals surface area contributed by atoms with Crippen molar-refractivity contribution in [3.05, 3.63) is 53.9 Å². The Balaban J connectivity index is 1.29. The fourth-order valence-electron chi connectivity index (χ4n) is 3.90. The fraction of sp³-hybridized carbons (Fsp3) is 0.435. The van der Waals surface area contributed by atoms with Crippen molar-refractivity contribution in [1.29, 1.82) is 0 Å². The zero-order chi connectivity index (χ0) is 20.8. The number of pyridine rings is 1. The number of nitrogens with zero attached hydrogens (tertiary/aromatic N) is 2. The van der Waals surface area contributed by atoms with E-state index in [1.165, 1.54) is 5.56 Å². The molecule has 3 heterocycles. The van der Waals surface area contributed by atoms with Crippen molar-refractivity contribution < 1.29 is 19.1 Å². The molecule has 1 atom stereocenters. The van der Waals surface area contributed by atoms with E-state index in [4.69, 9.17) is 9.47 Å².